The van der Waals surface area contributed by atoms with E-state index in [-0.39, 0.29) is 40.2 Å². The molecule has 0 bridgehead atoms. The van der Waals surface area contributed by atoms with Crippen molar-refractivity contribution in [3.05, 3.63) is 235 Å². The van der Waals surface area contributed by atoms with Crippen molar-refractivity contribution in [3.8, 4) is 67.2 Å². The van der Waals surface area contributed by atoms with Crippen LogP contribution in [0.1, 0.15) is 16.7 Å². The molecular weight excluding hydrogens is 1130 g/mol. The Morgan fingerprint density at radius 3 is 0.889 bits per heavy atom. The molecule has 0 aliphatic heterocycles. The van der Waals surface area contributed by atoms with Crippen molar-refractivity contribution in [2.24, 2.45) is 0 Å². The summed E-state index contributed by atoms with van der Waals surface area (Å²) in [7, 11) is 2.00. The molecule has 0 saturated heterocycles. The predicted octanol–water partition coefficient (Wildman–Crippen LogP) is 13.0. The molecule has 9 rings (SSSR count). The smallest absolute Gasteiger partial charge is 0.0705 e. The second kappa shape index (κ2) is 27.8. The Labute approximate surface area is 400 Å². The van der Waals surface area contributed by atoms with Crippen LogP contribution in [0.4, 0.5) is 0 Å². The standard InChI is InChI=1S/C18H15N.2C18H14N.2CH4O.2Ir/c3*1-14-12-18(16-10-6-3-7-11-16)19-13-17(14)15-8-4-2-5-9-15;2*1-2;;/h2-13H,1H3;2*2-10,12-13H,1H3;2*2H,1H3;;/q;2*-1;;;;. The maximum atomic E-state index is 7.00. The molecule has 63 heavy (non-hydrogen) atoms. The summed E-state index contributed by atoms with van der Waals surface area (Å²) < 4.78 is 0. The van der Waals surface area contributed by atoms with Gasteiger partial charge in [0, 0.05) is 95.3 Å². The van der Waals surface area contributed by atoms with Crippen molar-refractivity contribution in [2.75, 3.05) is 14.2 Å². The first-order valence-corrected chi connectivity index (χ1v) is 20.0. The Hall–Kier alpha value is -6.01. The quantitative estimate of drug-likeness (QED) is 0.162. The monoisotopic (exact) mass is 1180 g/mol. The van der Waals surface area contributed by atoms with E-state index in [9.17, 15) is 0 Å². The third kappa shape index (κ3) is 14.8. The molecule has 6 aromatic carbocycles. The Balaban J connectivity index is 0.000000238. The van der Waals surface area contributed by atoms with E-state index >= 15 is 0 Å². The van der Waals surface area contributed by atoms with Crippen LogP contribution >= 0.6 is 0 Å². The van der Waals surface area contributed by atoms with Gasteiger partial charge in [-0.2, -0.15) is 0 Å². The van der Waals surface area contributed by atoms with Gasteiger partial charge in [-0.15, -0.1) is 71.8 Å². The Kier molecular flexibility index (Phi) is 22.7. The average Bonchev–Trinajstić information content (AvgIpc) is 3.35. The first-order chi connectivity index (χ1) is 30.0. The van der Waals surface area contributed by atoms with Crippen LogP contribution in [0.5, 0.6) is 0 Å². The van der Waals surface area contributed by atoms with Crippen LogP contribution in [0.3, 0.4) is 0 Å². The summed E-state index contributed by atoms with van der Waals surface area (Å²) in [6.45, 7) is 6.38. The van der Waals surface area contributed by atoms with Gasteiger partial charge in [-0.25, -0.2) is 0 Å². The molecule has 0 spiro atoms. The number of rotatable bonds is 6. The van der Waals surface area contributed by atoms with Gasteiger partial charge < -0.3 is 20.2 Å². The minimum atomic E-state index is 0. The molecule has 0 fully saturated rings. The molecule has 3 aromatic heterocycles. The number of pyridine rings is 3. The Bertz CT molecular complexity index is 2340. The molecule has 0 saturated carbocycles. The zero-order chi connectivity index (χ0) is 43.2. The number of hydrogen-bond donors (Lipinski definition) is 2. The number of hydrogen-bond acceptors (Lipinski definition) is 5. The van der Waals surface area contributed by atoms with Gasteiger partial charge in [0.1, 0.15) is 0 Å². The van der Waals surface area contributed by atoms with Crippen molar-refractivity contribution in [3.63, 3.8) is 0 Å². The predicted molar refractivity (Wildman–Crippen MR) is 253 cm³/mol. The van der Waals surface area contributed by atoms with Crippen molar-refractivity contribution in [1.29, 1.82) is 0 Å². The fourth-order valence-electron chi connectivity index (χ4n) is 6.59. The van der Waals surface area contributed by atoms with Crippen LogP contribution in [0, 0.1) is 32.9 Å². The molecule has 2 radical (unpaired) electrons. The third-order valence-electron chi connectivity index (χ3n) is 9.63. The molecule has 322 valence electrons. The first kappa shape index (κ1) is 51.3. The summed E-state index contributed by atoms with van der Waals surface area (Å²) in [4.78, 5) is 13.7. The summed E-state index contributed by atoms with van der Waals surface area (Å²) in [6.07, 6.45) is 5.86. The molecule has 5 nitrogen and oxygen atoms in total. The van der Waals surface area contributed by atoms with E-state index in [0.29, 0.717) is 0 Å². The molecular formula is C56H51Ir2N3O2-2. The minimum absolute atomic E-state index is 0. The molecule has 0 amide bonds. The summed E-state index contributed by atoms with van der Waals surface area (Å²) in [5.74, 6) is 0. The van der Waals surface area contributed by atoms with E-state index in [1.165, 1.54) is 50.1 Å². The van der Waals surface area contributed by atoms with Gasteiger partial charge in [0.15, 0.2) is 0 Å². The van der Waals surface area contributed by atoms with Gasteiger partial charge in [0.25, 0.3) is 0 Å². The molecule has 0 unspecified atom stereocenters. The largest absolute Gasteiger partial charge is 0.400 e. The first-order valence-electron chi connectivity index (χ1n) is 20.0. The van der Waals surface area contributed by atoms with Crippen LogP contribution in [0.15, 0.2) is 207 Å². The SMILES string of the molecule is CO.CO.Cc1cc(-c2[c-]cccc2)ncc1-c1ccccc1.Cc1cc(-c2[c-]cccc2)ncc1-c1ccccc1.Cc1cc(-c2ccccc2)ncc1-c1ccccc1.[Ir].[Ir]. The minimum Gasteiger partial charge on any atom is -0.400 e. The number of aliphatic hydroxyl groups is 2. The van der Waals surface area contributed by atoms with Gasteiger partial charge in [-0.3, -0.25) is 4.98 Å². The molecule has 7 heteroatoms. The third-order valence-corrected chi connectivity index (χ3v) is 9.63. The second-order valence-corrected chi connectivity index (χ2v) is 13.7. The summed E-state index contributed by atoms with van der Waals surface area (Å²) >= 11 is 0. The molecule has 0 atom stereocenters. The van der Waals surface area contributed by atoms with Crippen molar-refractivity contribution < 1.29 is 50.4 Å². The van der Waals surface area contributed by atoms with Crippen molar-refractivity contribution >= 4 is 0 Å². The molecule has 0 aliphatic carbocycles. The van der Waals surface area contributed by atoms with Crippen LogP contribution in [0.25, 0.3) is 67.2 Å². The molecule has 3 heterocycles. The molecule has 2 N–H and O–H groups in total. The average molecular weight is 1180 g/mol. The van der Waals surface area contributed by atoms with E-state index < -0.39 is 0 Å². The van der Waals surface area contributed by atoms with Crippen molar-refractivity contribution in [2.45, 2.75) is 20.8 Å². The summed E-state index contributed by atoms with van der Waals surface area (Å²) in [6, 6.07) is 70.0. The normalized spacial score (nSPS) is 9.57. The topological polar surface area (TPSA) is 79.1 Å². The van der Waals surface area contributed by atoms with Gasteiger partial charge in [-0.05, 0) is 71.6 Å². The summed E-state index contributed by atoms with van der Waals surface area (Å²) in [5.41, 5.74) is 17.1. The van der Waals surface area contributed by atoms with Crippen molar-refractivity contribution in [1.82, 2.24) is 15.0 Å². The Morgan fingerprint density at radius 1 is 0.333 bits per heavy atom. The van der Waals surface area contributed by atoms with E-state index in [1.807, 2.05) is 128 Å². The molecule has 0 aliphatic rings. The Morgan fingerprint density at radius 2 is 0.603 bits per heavy atom. The maximum absolute atomic E-state index is 7.00. The van der Waals surface area contributed by atoms with Gasteiger partial charge >= 0.3 is 0 Å². The van der Waals surface area contributed by atoms with Gasteiger partial charge in [0.2, 0.25) is 0 Å². The van der Waals surface area contributed by atoms with E-state index in [4.69, 9.17) is 10.2 Å². The zero-order valence-corrected chi connectivity index (χ0v) is 40.8. The fourth-order valence-corrected chi connectivity index (χ4v) is 6.59. The second-order valence-electron chi connectivity index (χ2n) is 13.7. The number of aryl methyl sites for hydroxylation is 3. The van der Waals surface area contributed by atoms with E-state index in [2.05, 4.69) is 127 Å². The number of nitrogens with zero attached hydrogens (tertiary/aromatic N) is 3. The number of aliphatic hydroxyl groups excluding tert-OH is 2. The maximum Gasteiger partial charge on any atom is 0.0705 e. The zero-order valence-electron chi connectivity index (χ0n) is 36.0. The number of benzene rings is 6. The van der Waals surface area contributed by atoms with Crippen LogP contribution < -0.4 is 0 Å². The van der Waals surface area contributed by atoms with Crippen LogP contribution in [0.2, 0.25) is 0 Å². The number of aromatic nitrogens is 3. The van der Waals surface area contributed by atoms with Crippen LogP contribution in [-0.4, -0.2) is 39.4 Å². The molecule has 9 aromatic rings. The summed E-state index contributed by atoms with van der Waals surface area (Å²) in [5, 5.41) is 14.0. The van der Waals surface area contributed by atoms with Gasteiger partial charge in [0.05, 0.1) is 5.69 Å². The van der Waals surface area contributed by atoms with Crippen LogP contribution in [-0.2, 0) is 40.2 Å². The fraction of sp³-hybridized carbons (Fsp3) is 0.0893. The van der Waals surface area contributed by atoms with E-state index in [1.54, 1.807) is 0 Å². The van der Waals surface area contributed by atoms with Gasteiger partial charge in [-0.1, -0.05) is 133 Å². The van der Waals surface area contributed by atoms with E-state index in [0.717, 1.165) is 48.0 Å².